The predicted octanol–water partition coefficient (Wildman–Crippen LogP) is 3.32. The van der Waals surface area contributed by atoms with Crippen LogP contribution in [0.3, 0.4) is 0 Å². The van der Waals surface area contributed by atoms with Gasteiger partial charge in [0.15, 0.2) is 11.5 Å². The molecule has 0 radical (unpaired) electrons. The molecule has 1 aliphatic rings. The Hall–Kier alpha value is -3.55. The summed E-state index contributed by atoms with van der Waals surface area (Å²) in [6, 6.07) is 3.67. The van der Waals surface area contributed by atoms with E-state index in [1.165, 1.54) is 5.57 Å². The number of fused-ring (bicyclic) bond motifs is 2. The fraction of sp³-hybridized carbons (Fsp3) is 0.286. The van der Waals surface area contributed by atoms with Gasteiger partial charge >= 0.3 is 0 Å². The molecule has 146 valence electrons. The number of carbonyl (C=O) groups is 1. The number of carbonyl (C=O) groups excluding carboxylic acids is 1. The molecule has 4 heterocycles. The summed E-state index contributed by atoms with van der Waals surface area (Å²) in [4.78, 5) is 26.0. The largest absolute Gasteiger partial charge is 0.324 e. The summed E-state index contributed by atoms with van der Waals surface area (Å²) < 4.78 is 3.51. The number of nitrogens with zero attached hydrogens (tertiary/aromatic N) is 6. The first-order valence-electron chi connectivity index (χ1n) is 9.76. The lowest BCUT2D eigenvalue weighted by Crippen LogP contribution is -2.20. The molecule has 0 aromatic carbocycles. The van der Waals surface area contributed by atoms with Crippen molar-refractivity contribution in [2.24, 2.45) is 5.92 Å². The Bertz CT molecular complexity index is 1240. The maximum atomic E-state index is 12.6. The van der Waals surface area contributed by atoms with E-state index in [-0.39, 0.29) is 12.5 Å². The zero-order chi connectivity index (χ0) is 19.8. The van der Waals surface area contributed by atoms with Crippen LogP contribution >= 0.6 is 0 Å². The highest BCUT2D eigenvalue weighted by Gasteiger charge is 2.16. The van der Waals surface area contributed by atoms with Crippen LogP contribution < -0.4 is 5.32 Å². The van der Waals surface area contributed by atoms with Gasteiger partial charge in [0, 0.05) is 36.5 Å². The van der Waals surface area contributed by atoms with Gasteiger partial charge in [-0.1, -0.05) is 13.0 Å². The van der Waals surface area contributed by atoms with Crippen molar-refractivity contribution in [3.05, 3.63) is 55.0 Å². The lowest BCUT2D eigenvalue weighted by Gasteiger charge is -2.17. The van der Waals surface area contributed by atoms with Gasteiger partial charge < -0.3 is 9.72 Å². The van der Waals surface area contributed by atoms with E-state index in [0.717, 1.165) is 36.1 Å². The quantitative estimate of drug-likeness (QED) is 0.580. The molecule has 4 aromatic heterocycles. The predicted molar refractivity (Wildman–Crippen MR) is 110 cm³/mol. The minimum Gasteiger partial charge on any atom is -0.324 e. The average molecular weight is 387 g/mol. The van der Waals surface area contributed by atoms with E-state index < -0.39 is 0 Å². The summed E-state index contributed by atoms with van der Waals surface area (Å²) in [5.41, 5.74) is 3.32. The van der Waals surface area contributed by atoms with Gasteiger partial charge in [0.25, 0.3) is 0 Å². The summed E-state index contributed by atoms with van der Waals surface area (Å²) in [5, 5.41) is 8.06. The average Bonchev–Trinajstić information content (AvgIpc) is 3.35. The molecular formula is C21H21N7O. The number of imidazole rings is 1. The Labute approximate surface area is 167 Å². The third kappa shape index (κ3) is 3.49. The first kappa shape index (κ1) is 17.5. The van der Waals surface area contributed by atoms with Crippen LogP contribution in [0, 0.1) is 5.92 Å². The van der Waals surface area contributed by atoms with E-state index in [0.29, 0.717) is 17.3 Å². The smallest absolute Gasteiger partial charge is 0.246 e. The molecule has 8 heteroatoms. The lowest BCUT2D eigenvalue weighted by atomic mass is 9.91. The van der Waals surface area contributed by atoms with Crippen molar-refractivity contribution in [3.63, 3.8) is 0 Å². The Morgan fingerprint density at radius 2 is 2.21 bits per heavy atom. The first-order valence-corrected chi connectivity index (χ1v) is 9.76. The van der Waals surface area contributed by atoms with Crippen LogP contribution in [0.2, 0.25) is 0 Å². The Kier molecular flexibility index (Phi) is 4.31. The van der Waals surface area contributed by atoms with Gasteiger partial charge in [-0.25, -0.2) is 19.6 Å². The van der Waals surface area contributed by atoms with Crippen molar-refractivity contribution in [1.82, 2.24) is 29.1 Å². The van der Waals surface area contributed by atoms with E-state index in [2.05, 4.69) is 33.4 Å². The van der Waals surface area contributed by atoms with Crippen molar-refractivity contribution >= 4 is 33.8 Å². The van der Waals surface area contributed by atoms with Crippen LogP contribution in [0.15, 0.2) is 49.2 Å². The summed E-state index contributed by atoms with van der Waals surface area (Å²) in [7, 11) is 0. The second kappa shape index (κ2) is 7.12. The van der Waals surface area contributed by atoms with Crippen LogP contribution in [0.4, 0.5) is 5.69 Å². The van der Waals surface area contributed by atoms with Gasteiger partial charge in [0.2, 0.25) is 5.91 Å². The molecule has 0 spiro atoms. The number of amides is 1. The molecule has 0 bridgehead atoms. The zero-order valence-electron chi connectivity index (χ0n) is 16.1. The van der Waals surface area contributed by atoms with Gasteiger partial charge in [0.05, 0.1) is 11.6 Å². The maximum Gasteiger partial charge on any atom is 0.246 e. The van der Waals surface area contributed by atoms with E-state index in [9.17, 15) is 4.79 Å². The zero-order valence-corrected chi connectivity index (χ0v) is 16.1. The molecule has 0 saturated carbocycles. The summed E-state index contributed by atoms with van der Waals surface area (Å²) in [5.74, 6) is 1.27. The summed E-state index contributed by atoms with van der Waals surface area (Å²) in [6.45, 7) is 2.34. The van der Waals surface area contributed by atoms with Gasteiger partial charge in [-0.15, -0.1) is 0 Å². The van der Waals surface area contributed by atoms with E-state index in [4.69, 9.17) is 4.98 Å². The number of pyridine rings is 1. The molecule has 5 rings (SSSR count). The van der Waals surface area contributed by atoms with Crippen molar-refractivity contribution in [3.8, 4) is 0 Å². The number of nitrogens with one attached hydrogen (secondary N) is 1. The van der Waals surface area contributed by atoms with Crippen LogP contribution in [-0.2, 0) is 11.3 Å². The Balaban J connectivity index is 1.36. The maximum absolute atomic E-state index is 12.6. The lowest BCUT2D eigenvalue weighted by molar-refractivity contribution is -0.116. The number of rotatable bonds is 4. The third-order valence-electron chi connectivity index (χ3n) is 5.31. The highest BCUT2D eigenvalue weighted by molar-refractivity contribution is 5.91. The normalized spacial score (nSPS) is 16.9. The SMILES string of the molecule is CC1CC=C(c2ncc3cnn(CC(=O)Nc4ccn5ccnc5c4)c3n2)CC1. The minimum atomic E-state index is -0.170. The fourth-order valence-corrected chi connectivity index (χ4v) is 3.63. The van der Waals surface area contributed by atoms with Gasteiger partial charge in [-0.05, 0) is 36.8 Å². The van der Waals surface area contributed by atoms with Crippen molar-refractivity contribution in [2.75, 3.05) is 5.32 Å². The first-order chi connectivity index (χ1) is 14.2. The molecule has 0 saturated heterocycles. The fourth-order valence-electron chi connectivity index (χ4n) is 3.63. The van der Waals surface area contributed by atoms with E-state index >= 15 is 0 Å². The monoisotopic (exact) mass is 387 g/mol. The highest BCUT2D eigenvalue weighted by Crippen LogP contribution is 2.28. The van der Waals surface area contributed by atoms with Crippen molar-refractivity contribution < 1.29 is 4.79 Å². The standard InChI is InChI=1S/C21H21N7O/c1-14-2-4-15(5-3-14)20-23-11-16-12-24-28(21(16)26-20)13-19(29)25-17-6-8-27-9-7-22-18(27)10-17/h4,6-12,14H,2-3,5,13H2,1H3,(H,25,29). The molecular weight excluding hydrogens is 366 g/mol. The number of hydrogen-bond acceptors (Lipinski definition) is 5. The topological polar surface area (TPSA) is 90.0 Å². The molecule has 1 atom stereocenters. The Morgan fingerprint density at radius 3 is 3.07 bits per heavy atom. The third-order valence-corrected chi connectivity index (χ3v) is 5.31. The number of hydrogen-bond donors (Lipinski definition) is 1. The molecule has 4 aromatic rings. The van der Waals surface area contributed by atoms with Gasteiger partial charge in [-0.2, -0.15) is 5.10 Å². The van der Waals surface area contributed by atoms with Crippen molar-refractivity contribution in [2.45, 2.75) is 32.7 Å². The van der Waals surface area contributed by atoms with Gasteiger partial charge in [0.1, 0.15) is 12.2 Å². The minimum absolute atomic E-state index is 0.0790. The Morgan fingerprint density at radius 1 is 1.28 bits per heavy atom. The second-order valence-electron chi connectivity index (χ2n) is 7.54. The number of anilines is 1. The molecule has 1 aliphatic carbocycles. The molecule has 1 N–H and O–H groups in total. The van der Waals surface area contributed by atoms with Gasteiger partial charge in [-0.3, -0.25) is 4.79 Å². The van der Waals surface area contributed by atoms with E-state index in [1.807, 2.05) is 28.9 Å². The van der Waals surface area contributed by atoms with Crippen molar-refractivity contribution in [1.29, 1.82) is 0 Å². The second-order valence-corrected chi connectivity index (χ2v) is 7.54. The number of allylic oxidation sites excluding steroid dienone is 2. The molecule has 29 heavy (non-hydrogen) atoms. The van der Waals surface area contributed by atoms with Crippen LogP contribution in [0.25, 0.3) is 22.3 Å². The summed E-state index contributed by atoms with van der Waals surface area (Å²) in [6.07, 6.45) is 14.3. The molecule has 0 fully saturated rings. The number of aromatic nitrogens is 6. The highest BCUT2D eigenvalue weighted by atomic mass is 16.2. The molecule has 1 unspecified atom stereocenters. The molecule has 8 nitrogen and oxygen atoms in total. The van der Waals surface area contributed by atoms with Crippen LogP contribution in [0.1, 0.15) is 32.0 Å². The summed E-state index contributed by atoms with van der Waals surface area (Å²) >= 11 is 0. The molecule has 0 aliphatic heterocycles. The van der Waals surface area contributed by atoms with Crippen LogP contribution in [-0.4, -0.2) is 35.0 Å². The van der Waals surface area contributed by atoms with Crippen LogP contribution in [0.5, 0.6) is 0 Å². The van der Waals surface area contributed by atoms with E-state index in [1.54, 1.807) is 23.3 Å². The molecule has 1 amide bonds.